The highest BCUT2D eigenvalue weighted by molar-refractivity contribution is 5.88. The van der Waals surface area contributed by atoms with Gasteiger partial charge in [0.05, 0.1) is 18.5 Å². The number of amides is 1. The van der Waals surface area contributed by atoms with Gasteiger partial charge in [-0.3, -0.25) is 4.79 Å². The van der Waals surface area contributed by atoms with Gasteiger partial charge in [0.2, 0.25) is 5.91 Å². The van der Waals surface area contributed by atoms with Gasteiger partial charge in [0, 0.05) is 24.5 Å². The topological polar surface area (TPSA) is 67.2 Å². The van der Waals surface area contributed by atoms with Crippen LogP contribution in [0.15, 0.2) is 77.5 Å². The van der Waals surface area contributed by atoms with Crippen LogP contribution in [-0.2, 0) is 4.79 Å². The van der Waals surface area contributed by atoms with Crippen LogP contribution < -0.4 is 5.32 Å². The van der Waals surface area contributed by atoms with Crippen LogP contribution in [0.4, 0.5) is 0 Å². The molecule has 2 aliphatic rings. The van der Waals surface area contributed by atoms with Gasteiger partial charge in [-0.25, -0.2) is 4.98 Å². The molecule has 5 heteroatoms. The Balaban J connectivity index is 1.60. The molecule has 1 fully saturated rings. The van der Waals surface area contributed by atoms with E-state index < -0.39 is 0 Å². The molecule has 1 saturated carbocycles. The summed E-state index contributed by atoms with van der Waals surface area (Å²) in [5.41, 5.74) is 5.03. The van der Waals surface area contributed by atoms with E-state index in [1.165, 1.54) is 11.1 Å². The van der Waals surface area contributed by atoms with Crippen molar-refractivity contribution in [3.8, 4) is 0 Å². The minimum absolute atomic E-state index is 0.0569. The third-order valence-electron chi connectivity index (χ3n) is 7.21. The fraction of sp³-hybridized carbons (Fsp3) is 0.517. The summed E-state index contributed by atoms with van der Waals surface area (Å²) in [6.07, 6.45) is 23.3. The van der Waals surface area contributed by atoms with E-state index in [1.807, 2.05) is 31.6 Å². The molecule has 0 aromatic carbocycles. The molecule has 34 heavy (non-hydrogen) atoms. The number of nitrogens with one attached hydrogen (secondary N) is 1. The van der Waals surface area contributed by atoms with Crippen LogP contribution in [0.1, 0.15) is 79.2 Å². The number of aliphatic hydroxyl groups excluding tert-OH is 1. The van der Waals surface area contributed by atoms with Crippen molar-refractivity contribution >= 4 is 5.91 Å². The largest absolute Gasteiger partial charge is 0.393 e. The first kappa shape index (κ1) is 26.0. The first-order valence-corrected chi connectivity index (χ1v) is 12.5. The number of carbonyl (C=O) groups excluding carboxylic acids is 1. The van der Waals surface area contributed by atoms with E-state index in [9.17, 15) is 9.90 Å². The van der Waals surface area contributed by atoms with E-state index >= 15 is 0 Å². The van der Waals surface area contributed by atoms with Crippen molar-refractivity contribution in [3.63, 3.8) is 0 Å². The van der Waals surface area contributed by atoms with Crippen molar-refractivity contribution in [2.45, 2.75) is 91.3 Å². The smallest absolute Gasteiger partial charge is 0.244 e. The van der Waals surface area contributed by atoms with Gasteiger partial charge in [-0.05, 0) is 81.4 Å². The summed E-state index contributed by atoms with van der Waals surface area (Å²) in [6, 6.07) is 0.545. The average molecular weight is 464 g/mol. The molecule has 5 nitrogen and oxygen atoms in total. The first-order valence-electron chi connectivity index (χ1n) is 12.5. The third kappa shape index (κ3) is 7.17. The van der Waals surface area contributed by atoms with Crippen molar-refractivity contribution in [3.05, 3.63) is 77.5 Å². The molecule has 0 bridgehead atoms. The van der Waals surface area contributed by atoms with Gasteiger partial charge in [-0.15, -0.1) is 0 Å². The summed E-state index contributed by atoms with van der Waals surface area (Å²) in [4.78, 5) is 16.5. The Morgan fingerprint density at radius 3 is 2.56 bits per heavy atom. The predicted molar refractivity (Wildman–Crippen MR) is 139 cm³/mol. The van der Waals surface area contributed by atoms with E-state index in [1.54, 1.807) is 6.08 Å². The number of nitrogens with zero attached hydrogens (tertiary/aromatic N) is 2. The summed E-state index contributed by atoms with van der Waals surface area (Å²) in [5, 5.41) is 12.7. The monoisotopic (exact) mass is 463 g/mol. The van der Waals surface area contributed by atoms with E-state index in [-0.39, 0.29) is 23.5 Å². The van der Waals surface area contributed by atoms with E-state index in [4.69, 9.17) is 0 Å². The highest BCUT2D eigenvalue weighted by atomic mass is 16.3. The number of rotatable bonds is 7. The van der Waals surface area contributed by atoms with Gasteiger partial charge in [0.15, 0.2) is 0 Å². The molecule has 0 spiro atoms. The Morgan fingerprint density at radius 2 is 1.88 bits per heavy atom. The molecule has 184 valence electrons. The number of hydrogen-bond donors (Lipinski definition) is 2. The molecule has 1 aromatic heterocycles. The molecule has 1 amide bonds. The Kier molecular flexibility index (Phi) is 8.90. The zero-order valence-electron chi connectivity index (χ0n) is 21.4. The summed E-state index contributed by atoms with van der Waals surface area (Å²) in [6.45, 7) is 10.9. The van der Waals surface area contributed by atoms with Crippen LogP contribution in [0.5, 0.6) is 0 Å². The molecule has 0 radical (unpaired) electrons. The van der Waals surface area contributed by atoms with Gasteiger partial charge >= 0.3 is 0 Å². The SMILES string of the molecule is CC1=C(/C=C/C(C)=C/C=C/C(C)=C/C(=O)NC2CCC(O)CC2)C(C)(C)CCC1n1ccnc1. The Hall–Kier alpha value is -2.66. The van der Waals surface area contributed by atoms with Crippen LogP contribution in [0.2, 0.25) is 0 Å². The second-order valence-corrected chi connectivity index (χ2v) is 10.6. The predicted octanol–water partition coefficient (Wildman–Crippen LogP) is 5.99. The van der Waals surface area contributed by atoms with Crippen LogP contribution in [-0.4, -0.2) is 32.7 Å². The van der Waals surface area contributed by atoms with Crippen molar-refractivity contribution in [1.82, 2.24) is 14.9 Å². The van der Waals surface area contributed by atoms with Gasteiger partial charge in [-0.1, -0.05) is 49.8 Å². The summed E-state index contributed by atoms with van der Waals surface area (Å²) < 4.78 is 2.22. The standard InChI is InChI=1S/C29H41N3O2/c1-21(7-6-8-22(2)19-28(34)31-24-10-12-25(33)13-11-24)9-14-26-23(3)27(15-16-29(26,4)5)32-18-17-30-20-32/h6-9,14,17-20,24-25,27,33H,10-13,15-16H2,1-5H3,(H,31,34)/b8-6+,14-9+,21-7+,22-19+. The number of imidazole rings is 1. The first-order chi connectivity index (χ1) is 16.2. The minimum atomic E-state index is -0.208. The summed E-state index contributed by atoms with van der Waals surface area (Å²) >= 11 is 0. The lowest BCUT2D eigenvalue weighted by atomic mass is 9.71. The zero-order chi connectivity index (χ0) is 24.7. The lowest BCUT2D eigenvalue weighted by Gasteiger charge is -2.37. The molecular weight excluding hydrogens is 422 g/mol. The number of carbonyl (C=O) groups is 1. The maximum Gasteiger partial charge on any atom is 0.244 e. The molecule has 1 heterocycles. The lowest BCUT2D eigenvalue weighted by Crippen LogP contribution is -2.37. The fourth-order valence-electron chi connectivity index (χ4n) is 5.09. The van der Waals surface area contributed by atoms with Gasteiger partial charge in [0.25, 0.3) is 0 Å². The van der Waals surface area contributed by atoms with Crippen molar-refractivity contribution in [2.75, 3.05) is 0 Å². The molecule has 3 rings (SSSR count). The summed E-state index contributed by atoms with van der Waals surface area (Å²) in [5.74, 6) is -0.0569. The second-order valence-electron chi connectivity index (χ2n) is 10.6. The van der Waals surface area contributed by atoms with Crippen molar-refractivity contribution < 1.29 is 9.90 Å². The maximum absolute atomic E-state index is 12.3. The van der Waals surface area contributed by atoms with Crippen molar-refractivity contribution in [2.24, 2.45) is 5.41 Å². The molecule has 1 atom stereocenters. The van der Waals surface area contributed by atoms with E-state index in [0.29, 0.717) is 6.04 Å². The number of allylic oxidation sites excluding steroid dienone is 9. The highest BCUT2D eigenvalue weighted by Crippen LogP contribution is 2.45. The normalized spacial score (nSPS) is 26.5. The summed E-state index contributed by atoms with van der Waals surface area (Å²) in [7, 11) is 0. The number of aliphatic hydroxyl groups is 1. The van der Waals surface area contributed by atoms with Crippen LogP contribution >= 0.6 is 0 Å². The average Bonchev–Trinajstić information content (AvgIpc) is 3.29. The maximum atomic E-state index is 12.3. The highest BCUT2D eigenvalue weighted by Gasteiger charge is 2.32. The lowest BCUT2D eigenvalue weighted by molar-refractivity contribution is -0.117. The van der Waals surface area contributed by atoms with Gasteiger partial charge < -0.3 is 15.0 Å². The second kappa shape index (κ2) is 11.7. The molecular formula is C29H41N3O2. The molecule has 1 aromatic rings. The minimum Gasteiger partial charge on any atom is -0.393 e. The van der Waals surface area contributed by atoms with Crippen LogP contribution in [0.3, 0.4) is 0 Å². The molecule has 0 aliphatic heterocycles. The Morgan fingerprint density at radius 1 is 1.15 bits per heavy atom. The van der Waals surface area contributed by atoms with Gasteiger partial charge in [-0.2, -0.15) is 0 Å². The zero-order valence-corrected chi connectivity index (χ0v) is 21.4. The molecule has 1 unspecified atom stereocenters. The van der Waals surface area contributed by atoms with Crippen LogP contribution in [0.25, 0.3) is 0 Å². The Labute approximate surface area is 205 Å². The van der Waals surface area contributed by atoms with Crippen molar-refractivity contribution in [1.29, 1.82) is 0 Å². The number of hydrogen-bond acceptors (Lipinski definition) is 3. The fourth-order valence-corrected chi connectivity index (χ4v) is 5.09. The van der Waals surface area contributed by atoms with Crippen LogP contribution in [0, 0.1) is 5.41 Å². The molecule has 2 N–H and O–H groups in total. The van der Waals surface area contributed by atoms with Gasteiger partial charge in [0.1, 0.15) is 0 Å². The quantitative estimate of drug-likeness (QED) is 0.386. The Bertz CT molecular complexity index is 985. The molecule has 0 saturated heterocycles. The van der Waals surface area contributed by atoms with E-state index in [2.05, 4.69) is 67.0 Å². The van der Waals surface area contributed by atoms with E-state index in [0.717, 1.165) is 49.7 Å². The number of aromatic nitrogens is 2. The third-order valence-corrected chi connectivity index (χ3v) is 7.21. The molecule has 2 aliphatic carbocycles.